The van der Waals surface area contributed by atoms with Crippen molar-refractivity contribution in [1.29, 1.82) is 0 Å². The number of allylic oxidation sites excluding steroid dienone is 12. The molecule has 0 saturated heterocycles. The molecule has 0 unspecified atom stereocenters. The molecule has 0 bridgehead atoms. The van der Waals surface area contributed by atoms with Crippen LogP contribution in [-0.4, -0.2) is 27.5 Å². The molecule has 3 nitrogen and oxygen atoms in total. The first-order valence-corrected chi connectivity index (χ1v) is 13.5. The van der Waals surface area contributed by atoms with Gasteiger partial charge in [-0.3, -0.25) is 0 Å². The van der Waals surface area contributed by atoms with Gasteiger partial charge in [0.1, 0.15) is 0 Å². The number of carbonyl (C=O) groups excluding carboxylic acids is 1. The van der Waals surface area contributed by atoms with Gasteiger partial charge in [0, 0.05) is 12.7 Å². The van der Waals surface area contributed by atoms with Crippen LogP contribution >= 0.6 is 0 Å². The van der Waals surface area contributed by atoms with Crippen molar-refractivity contribution in [2.45, 2.75) is 52.8 Å². The molecule has 30 heavy (non-hydrogen) atoms. The van der Waals surface area contributed by atoms with Gasteiger partial charge in [0.15, 0.2) is 8.32 Å². The molecule has 0 amide bonds. The SMILES string of the molecule is CCOC(=O)/C=C/C=C/C=C/C=C/C=C/C=C/C=C/[C@H](C)CO[Si](C)(C)C(C)(C)C. The molecule has 0 heterocycles. The highest BCUT2D eigenvalue weighted by Crippen LogP contribution is 2.36. The van der Waals surface area contributed by atoms with Gasteiger partial charge in [-0.1, -0.05) is 107 Å². The van der Waals surface area contributed by atoms with E-state index in [1.807, 2.05) is 54.7 Å². The Kier molecular flexibility index (Phi) is 14.5. The molecular formula is C26H40O3Si. The van der Waals surface area contributed by atoms with Crippen LogP contribution in [0.1, 0.15) is 34.6 Å². The van der Waals surface area contributed by atoms with Crippen LogP contribution in [0.4, 0.5) is 0 Å². The monoisotopic (exact) mass is 428 g/mol. The summed E-state index contributed by atoms with van der Waals surface area (Å²) in [4.78, 5) is 11.1. The number of rotatable bonds is 12. The largest absolute Gasteiger partial charge is 0.463 e. The first kappa shape index (κ1) is 27.8. The van der Waals surface area contributed by atoms with Crippen molar-refractivity contribution in [3.63, 3.8) is 0 Å². The summed E-state index contributed by atoms with van der Waals surface area (Å²) >= 11 is 0. The van der Waals surface area contributed by atoms with Crippen LogP contribution in [-0.2, 0) is 14.0 Å². The molecule has 0 N–H and O–H groups in total. The van der Waals surface area contributed by atoms with Crippen LogP contribution in [0.15, 0.2) is 85.1 Å². The zero-order valence-corrected chi connectivity index (χ0v) is 20.8. The summed E-state index contributed by atoms with van der Waals surface area (Å²) in [6.45, 7) is 16.5. The Balaban J connectivity index is 4.14. The van der Waals surface area contributed by atoms with Crippen LogP contribution in [0.3, 0.4) is 0 Å². The number of hydrogen-bond donors (Lipinski definition) is 0. The molecule has 0 rings (SSSR count). The molecular weight excluding hydrogens is 388 g/mol. The minimum absolute atomic E-state index is 0.251. The summed E-state index contributed by atoms with van der Waals surface area (Å²) in [5, 5.41) is 0.251. The summed E-state index contributed by atoms with van der Waals surface area (Å²) in [6.07, 6.45) is 26.7. The second-order valence-corrected chi connectivity index (χ2v) is 13.3. The van der Waals surface area contributed by atoms with Gasteiger partial charge in [0.25, 0.3) is 0 Å². The minimum atomic E-state index is -1.66. The van der Waals surface area contributed by atoms with E-state index in [1.165, 1.54) is 6.08 Å². The van der Waals surface area contributed by atoms with Crippen molar-refractivity contribution in [2.75, 3.05) is 13.2 Å². The lowest BCUT2D eigenvalue weighted by Crippen LogP contribution is -2.41. The van der Waals surface area contributed by atoms with E-state index in [0.717, 1.165) is 6.61 Å². The molecule has 0 aromatic heterocycles. The summed E-state index contributed by atoms with van der Waals surface area (Å²) in [7, 11) is -1.66. The van der Waals surface area contributed by atoms with E-state index < -0.39 is 8.32 Å². The molecule has 166 valence electrons. The molecule has 1 atom stereocenters. The Morgan fingerprint density at radius 1 is 0.833 bits per heavy atom. The summed E-state index contributed by atoms with van der Waals surface area (Å²) in [5.74, 6) is 0.0750. The predicted molar refractivity (Wildman–Crippen MR) is 133 cm³/mol. The highest BCUT2D eigenvalue weighted by atomic mass is 28.4. The fourth-order valence-corrected chi connectivity index (χ4v) is 2.94. The van der Waals surface area contributed by atoms with Crippen molar-refractivity contribution in [2.24, 2.45) is 5.92 Å². The molecule has 0 fully saturated rings. The van der Waals surface area contributed by atoms with E-state index in [0.29, 0.717) is 12.5 Å². The van der Waals surface area contributed by atoms with E-state index in [9.17, 15) is 4.79 Å². The lowest BCUT2D eigenvalue weighted by molar-refractivity contribution is -0.137. The molecule has 0 aliphatic rings. The molecule has 4 heteroatoms. The Hall–Kier alpha value is -2.17. The number of hydrogen-bond acceptors (Lipinski definition) is 3. The summed E-state index contributed by atoms with van der Waals surface area (Å²) in [6, 6.07) is 0. The van der Waals surface area contributed by atoms with Gasteiger partial charge in [-0.05, 0) is 31.0 Å². The lowest BCUT2D eigenvalue weighted by Gasteiger charge is -2.36. The summed E-state index contributed by atoms with van der Waals surface area (Å²) < 4.78 is 11.0. The quantitative estimate of drug-likeness (QED) is 0.144. The third-order valence-electron chi connectivity index (χ3n) is 4.69. The molecule has 0 aliphatic carbocycles. The highest BCUT2D eigenvalue weighted by Gasteiger charge is 2.37. The maximum absolute atomic E-state index is 11.1. The first-order chi connectivity index (χ1) is 14.1. The van der Waals surface area contributed by atoms with Gasteiger partial charge in [-0.2, -0.15) is 0 Å². The number of carbonyl (C=O) groups is 1. The van der Waals surface area contributed by atoms with Gasteiger partial charge in [-0.15, -0.1) is 0 Å². The van der Waals surface area contributed by atoms with Crippen molar-refractivity contribution < 1.29 is 14.0 Å². The second-order valence-electron chi connectivity index (χ2n) is 8.47. The van der Waals surface area contributed by atoms with E-state index in [4.69, 9.17) is 9.16 Å². The zero-order chi connectivity index (χ0) is 22.9. The first-order valence-electron chi connectivity index (χ1n) is 10.6. The van der Waals surface area contributed by atoms with Crippen LogP contribution < -0.4 is 0 Å². The molecule has 0 saturated carbocycles. The fraction of sp³-hybridized carbons (Fsp3) is 0.423. The molecule has 0 radical (unpaired) electrons. The van der Waals surface area contributed by atoms with Crippen LogP contribution in [0.5, 0.6) is 0 Å². The molecule has 0 aromatic carbocycles. The molecule has 0 aromatic rings. The van der Waals surface area contributed by atoms with Crippen molar-refractivity contribution in [3.05, 3.63) is 85.1 Å². The highest BCUT2D eigenvalue weighted by molar-refractivity contribution is 6.74. The zero-order valence-electron chi connectivity index (χ0n) is 19.8. The third kappa shape index (κ3) is 14.8. The van der Waals surface area contributed by atoms with Crippen molar-refractivity contribution >= 4 is 14.3 Å². The smallest absolute Gasteiger partial charge is 0.330 e. The lowest BCUT2D eigenvalue weighted by atomic mass is 10.2. The fourth-order valence-electron chi connectivity index (χ4n) is 1.83. The average Bonchev–Trinajstić information content (AvgIpc) is 2.66. The Morgan fingerprint density at radius 2 is 1.27 bits per heavy atom. The Labute approximate surface area is 185 Å². The average molecular weight is 429 g/mol. The maximum atomic E-state index is 11.1. The van der Waals surface area contributed by atoms with Gasteiger partial charge >= 0.3 is 5.97 Å². The topological polar surface area (TPSA) is 35.5 Å². The van der Waals surface area contributed by atoms with Gasteiger partial charge in [-0.25, -0.2) is 4.79 Å². The number of ether oxygens (including phenoxy) is 1. The van der Waals surface area contributed by atoms with Crippen molar-refractivity contribution in [3.8, 4) is 0 Å². The predicted octanol–water partition coefficient (Wildman–Crippen LogP) is 7.10. The van der Waals surface area contributed by atoms with Crippen LogP contribution in [0, 0.1) is 5.92 Å². The van der Waals surface area contributed by atoms with E-state index in [-0.39, 0.29) is 11.0 Å². The van der Waals surface area contributed by atoms with Gasteiger partial charge < -0.3 is 9.16 Å². The Morgan fingerprint density at radius 3 is 1.70 bits per heavy atom. The number of esters is 1. The third-order valence-corrected chi connectivity index (χ3v) is 9.19. The van der Waals surface area contributed by atoms with Crippen LogP contribution in [0.2, 0.25) is 18.1 Å². The minimum Gasteiger partial charge on any atom is -0.463 e. The maximum Gasteiger partial charge on any atom is 0.330 e. The molecule has 0 aliphatic heterocycles. The second kappa shape index (κ2) is 15.6. The summed E-state index contributed by atoms with van der Waals surface area (Å²) in [5.41, 5.74) is 0. The van der Waals surface area contributed by atoms with E-state index in [1.54, 1.807) is 19.1 Å². The van der Waals surface area contributed by atoms with Gasteiger partial charge in [0.2, 0.25) is 0 Å². The molecule has 0 spiro atoms. The normalized spacial score (nSPS) is 15.3. The van der Waals surface area contributed by atoms with Gasteiger partial charge in [0.05, 0.1) is 6.61 Å². The van der Waals surface area contributed by atoms with Crippen LogP contribution in [0.25, 0.3) is 0 Å². The van der Waals surface area contributed by atoms with Crippen molar-refractivity contribution in [1.82, 2.24) is 0 Å². The van der Waals surface area contributed by atoms with E-state index >= 15 is 0 Å². The standard InChI is InChI=1S/C26H40O3Si/c1-8-28-25(27)22-20-18-16-14-12-10-9-11-13-15-17-19-21-24(2)23-29-30(6,7)26(3,4)5/h9-22,24H,8,23H2,1-7H3/b10-9+,13-11+,14-12+,17-15+,18-16+,21-19+,22-20+/t24-/m0/s1. The Bertz CT molecular complexity index is 684. The van der Waals surface area contributed by atoms with E-state index in [2.05, 4.69) is 52.9 Å².